The second-order valence-corrected chi connectivity index (χ2v) is 2.42. The fraction of sp³-hybridized carbons (Fsp3) is 0.500. The molecular weight excluding hydrogens is 176 g/mol. The topological polar surface area (TPSA) is 34.9 Å². The monoisotopic (exact) mass is 188 g/mol. The van der Waals surface area contributed by atoms with Gasteiger partial charge in [-0.1, -0.05) is 25.4 Å². The molecule has 1 rings (SSSR count). The molecule has 0 bridgehead atoms. The maximum absolute atomic E-state index is 10.8. The van der Waals surface area contributed by atoms with E-state index in [4.69, 9.17) is 11.6 Å². The largest absolute Gasteiger partial charge is 0.286 e. The summed E-state index contributed by atoms with van der Waals surface area (Å²) in [4.78, 5) is 10.8. The number of hydrogen-bond donors (Lipinski definition) is 0. The van der Waals surface area contributed by atoms with Crippen molar-refractivity contribution in [2.75, 3.05) is 0 Å². The minimum absolute atomic E-state index is 0.0214. The van der Waals surface area contributed by atoms with Gasteiger partial charge < -0.3 is 0 Å². The van der Waals surface area contributed by atoms with Gasteiger partial charge in [0.05, 0.1) is 0 Å². The Labute approximate surface area is 77.0 Å². The zero-order chi connectivity index (χ0) is 9.72. The van der Waals surface area contributed by atoms with E-state index < -0.39 is 0 Å². The van der Waals surface area contributed by atoms with Crippen molar-refractivity contribution in [2.24, 2.45) is 7.05 Å². The predicted octanol–water partition coefficient (Wildman–Crippen LogP) is 1.77. The summed E-state index contributed by atoms with van der Waals surface area (Å²) >= 11 is 5.44. The number of aryl methyl sites for hydroxylation is 2. The molecule has 0 atom stereocenters. The molecule has 68 valence electrons. The van der Waals surface area contributed by atoms with Gasteiger partial charge in [-0.3, -0.25) is 9.48 Å². The molecule has 0 aliphatic rings. The van der Waals surface area contributed by atoms with Gasteiger partial charge in [0.2, 0.25) is 5.43 Å². The van der Waals surface area contributed by atoms with E-state index in [1.807, 2.05) is 13.8 Å². The average Bonchev–Trinajstić information content (AvgIpc) is 2.05. The molecule has 0 amide bonds. The molecule has 4 heteroatoms. The van der Waals surface area contributed by atoms with Crippen molar-refractivity contribution in [1.82, 2.24) is 9.78 Å². The molecule has 0 aromatic carbocycles. The highest BCUT2D eigenvalue weighted by atomic mass is 35.5. The predicted molar refractivity (Wildman–Crippen MR) is 50.6 cm³/mol. The quantitative estimate of drug-likeness (QED) is 0.622. The molecule has 12 heavy (non-hydrogen) atoms. The summed E-state index contributed by atoms with van der Waals surface area (Å²) in [5.74, 6) is 0. The van der Waals surface area contributed by atoms with Crippen LogP contribution in [-0.2, 0) is 7.05 Å². The number of nitrogens with zero attached hydrogens (tertiary/aromatic N) is 2. The lowest BCUT2D eigenvalue weighted by atomic mass is 10.4. The third-order valence-corrected chi connectivity index (χ3v) is 1.55. The molecule has 0 spiro atoms. The van der Waals surface area contributed by atoms with Crippen LogP contribution in [0, 0.1) is 6.92 Å². The highest BCUT2D eigenvalue weighted by Gasteiger charge is 1.97. The first-order chi connectivity index (χ1) is 5.61. The normalized spacial score (nSPS) is 8.75. The van der Waals surface area contributed by atoms with Crippen molar-refractivity contribution >= 4 is 11.6 Å². The molecule has 0 unspecified atom stereocenters. The van der Waals surface area contributed by atoms with E-state index in [-0.39, 0.29) is 10.6 Å². The number of hydrogen-bond acceptors (Lipinski definition) is 2. The van der Waals surface area contributed by atoms with Gasteiger partial charge in [0.1, 0.15) is 0 Å². The maximum atomic E-state index is 10.8. The van der Waals surface area contributed by atoms with Gasteiger partial charge in [0, 0.05) is 18.8 Å². The third kappa shape index (κ3) is 2.66. The molecule has 1 heterocycles. The van der Waals surface area contributed by atoms with E-state index in [0.29, 0.717) is 0 Å². The van der Waals surface area contributed by atoms with Gasteiger partial charge >= 0.3 is 0 Å². The van der Waals surface area contributed by atoms with Crippen molar-refractivity contribution < 1.29 is 0 Å². The van der Waals surface area contributed by atoms with Crippen molar-refractivity contribution in [3.63, 3.8) is 0 Å². The van der Waals surface area contributed by atoms with Gasteiger partial charge in [-0.15, -0.1) is 0 Å². The van der Waals surface area contributed by atoms with Crippen molar-refractivity contribution in [3.05, 3.63) is 27.1 Å². The summed E-state index contributed by atoms with van der Waals surface area (Å²) in [5.41, 5.74) is 0.576. The van der Waals surface area contributed by atoms with E-state index in [2.05, 4.69) is 5.10 Å². The second-order valence-electron chi connectivity index (χ2n) is 2.06. The van der Waals surface area contributed by atoms with E-state index in [1.165, 1.54) is 6.07 Å². The molecule has 0 N–H and O–H groups in total. The Balaban J connectivity index is 0.000000561. The number of halogens is 1. The van der Waals surface area contributed by atoms with Crippen molar-refractivity contribution in [2.45, 2.75) is 20.8 Å². The summed E-state index contributed by atoms with van der Waals surface area (Å²) in [5, 5.41) is 3.76. The van der Waals surface area contributed by atoms with Gasteiger partial charge in [0.15, 0.2) is 5.15 Å². The molecule has 1 aromatic rings. The van der Waals surface area contributed by atoms with E-state index in [1.54, 1.807) is 18.7 Å². The van der Waals surface area contributed by atoms with E-state index in [9.17, 15) is 4.79 Å². The fourth-order valence-electron chi connectivity index (χ4n) is 0.603. The SMILES string of the molecule is CC.Cc1cc(=O)c(Cl)nn1C. The molecule has 0 fully saturated rings. The van der Waals surface area contributed by atoms with Gasteiger partial charge in [-0.25, -0.2) is 0 Å². The van der Waals surface area contributed by atoms with Crippen LogP contribution < -0.4 is 5.43 Å². The summed E-state index contributed by atoms with van der Waals surface area (Å²) in [7, 11) is 1.74. The standard InChI is InChI=1S/C6H7ClN2O.C2H6/c1-4-3-5(10)6(7)8-9(4)2;1-2/h3H,1-2H3;1-2H3. The van der Waals surface area contributed by atoms with Crippen LogP contribution in [0.25, 0.3) is 0 Å². The molecule has 1 aromatic heterocycles. The highest BCUT2D eigenvalue weighted by molar-refractivity contribution is 6.29. The molecular formula is C8H13ClN2O. The zero-order valence-corrected chi connectivity index (χ0v) is 8.51. The van der Waals surface area contributed by atoms with Crippen LogP contribution in [0.5, 0.6) is 0 Å². The first-order valence-corrected chi connectivity index (χ1v) is 4.19. The maximum Gasteiger partial charge on any atom is 0.219 e. The van der Waals surface area contributed by atoms with Gasteiger partial charge in [-0.05, 0) is 6.92 Å². The second kappa shape index (κ2) is 4.93. The number of rotatable bonds is 0. The lowest BCUT2D eigenvalue weighted by Gasteiger charge is -1.99. The lowest BCUT2D eigenvalue weighted by Crippen LogP contribution is -2.11. The summed E-state index contributed by atoms with van der Waals surface area (Å²) in [6.45, 7) is 5.80. The molecule has 3 nitrogen and oxygen atoms in total. The Morgan fingerprint density at radius 2 is 2.00 bits per heavy atom. The third-order valence-electron chi connectivity index (χ3n) is 1.29. The highest BCUT2D eigenvalue weighted by Crippen LogP contribution is 1.95. The van der Waals surface area contributed by atoms with Crippen LogP contribution in [0.15, 0.2) is 10.9 Å². The summed E-state index contributed by atoms with van der Waals surface area (Å²) in [6.07, 6.45) is 0. The van der Waals surface area contributed by atoms with Crippen LogP contribution in [0.1, 0.15) is 19.5 Å². The van der Waals surface area contributed by atoms with E-state index >= 15 is 0 Å². The average molecular weight is 189 g/mol. The van der Waals surface area contributed by atoms with Crippen molar-refractivity contribution in [1.29, 1.82) is 0 Å². The molecule has 0 radical (unpaired) electrons. The van der Waals surface area contributed by atoms with Crippen LogP contribution in [0.4, 0.5) is 0 Å². The van der Waals surface area contributed by atoms with Crippen LogP contribution in [0.2, 0.25) is 5.15 Å². The van der Waals surface area contributed by atoms with Crippen LogP contribution in [0.3, 0.4) is 0 Å². The molecule has 0 saturated carbocycles. The van der Waals surface area contributed by atoms with Crippen LogP contribution in [-0.4, -0.2) is 9.78 Å². The Bertz CT molecular complexity index is 306. The first kappa shape index (κ1) is 11.2. The van der Waals surface area contributed by atoms with Gasteiger partial charge in [-0.2, -0.15) is 5.10 Å². The Morgan fingerprint density at radius 3 is 2.42 bits per heavy atom. The van der Waals surface area contributed by atoms with Crippen LogP contribution >= 0.6 is 11.6 Å². The molecule has 0 aliphatic carbocycles. The smallest absolute Gasteiger partial charge is 0.219 e. The summed E-state index contributed by atoms with van der Waals surface area (Å²) < 4.78 is 1.56. The Hall–Kier alpha value is -0.830. The Morgan fingerprint density at radius 1 is 1.50 bits per heavy atom. The Kier molecular flexibility index (Phi) is 4.59. The fourth-order valence-corrected chi connectivity index (χ4v) is 0.770. The zero-order valence-electron chi connectivity index (χ0n) is 7.76. The first-order valence-electron chi connectivity index (χ1n) is 3.81. The van der Waals surface area contributed by atoms with E-state index in [0.717, 1.165) is 5.69 Å². The number of aromatic nitrogens is 2. The van der Waals surface area contributed by atoms with Gasteiger partial charge in [0.25, 0.3) is 0 Å². The molecule has 0 saturated heterocycles. The minimum atomic E-state index is -0.225. The van der Waals surface area contributed by atoms with Crippen molar-refractivity contribution in [3.8, 4) is 0 Å². The molecule has 0 aliphatic heterocycles. The lowest BCUT2D eigenvalue weighted by molar-refractivity contribution is 0.704. The minimum Gasteiger partial charge on any atom is -0.286 e. The summed E-state index contributed by atoms with van der Waals surface area (Å²) in [6, 6.07) is 1.45.